The molecule has 0 heterocycles. The molecule has 0 radical (unpaired) electrons. The van der Waals surface area contributed by atoms with E-state index >= 15 is 0 Å². The van der Waals surface area contributed by atoms with Crippen LogP contribution >= 0.6 is 45.2 Å². The topological polar surface area (TPSA) is 0 Å². The first-order valence-electron chi connectivity index (χ1n) is 5.89. The molecular formula is C16H12I2. The maximum Gasteiger partial charge on any atom is 0.0415 e. The van der Waals surface area contributed by atoms with E-state index in [9.17, 15) is 0 Å². The molecular weight excluding hydrogens is 446 g/mol. The molecule has 90 valence electrons. The molecule has 0 saturated heterocycles. The van der Waals surface area contributed by atoms with Crippen molar-refractivity contribution in [3.05, 3.63) is 74.4 Å². The molecule has 0 spiro atoms. The monoisotopic (exact) mass is 458 g/mol. The highest BCUT2D eigenvalue weighted by Crippen LogP contribution is 2.50. The highest BCUT2D eigenvalue weighted by Gasteiger charge is 2.29. The predicted octanol–water partition coefficient (Wildman–Crippen LogP) is 5.68. The molecule has 1 atom stereocenters. The van der Waals surface area contributed by atoms with Gasteiger partial charge < -0.3 is 0 Å². The average molecular weight is 458 g/mol. The van der Waals surface area contributed by atoms with Gasteiger partial charge in [-0.3, -0.25) is 0 Å². The molecule has 0 fully saturated rings. The van der Waals surface area contributed by atoms with Crippen molar-refractivity contribution in [1.82, 2.24) is 0 Å². The van der Waals surface area contributed by atoms with Crippen molar-refractivity contribution in [3.63, 3.8) is 0 Å². The summed E-state index contributed by atoms with van der Waals surface area (Å²) in [5.41, 5.74) is 5.55. The van der Waals surface area contributed by atoms with Gasteiger partial charge in [0, 0.05) is 13.1 Å². The van der Waals surface area contributed by atoms with Gasteiger partial charge in [0.1, 0.15) is 0 Å². The molecule has 3 rings (SSSR count). The van der Waals surface area contributed by atoms with Crippen molar-refractivity contribution in [1.29, 1.82) is 0 Å². The summed E-state index contributed by atoms with van der Waals surface area (Å²) in [6.45, 7) is 2.14. The number of halogens is 2. The van der Waals surface area contributed by atoms with Crippen LogP contribution in [0, 0.1) is 6.92 Å². The van der Waals surface area contributed by atoms with Crippen LogP contribution < -0.4 is 0 Å². The third-order valence-electron chi connectivity index (χ3n) is 3.38. The molecule has 1 aliphatic carbocycles. The maximum absolute atomic E-state index is 2.50. The van der Waals surface area contributed by atoms with Crippen LogP contribution in [0.25, 0.3) is 3.58 Å². The van der Waals surface area contributed by atoms with Crippen molar-refractivity contribution >= 4 is 48.8 Å². The fraction of sp³-hybridized carbons (Fsp3) is 0.125. The van der Waals surface area contributed by atoms with E-state index in [2.05, 4.69) is 101 Å². The zero-order valence-corrected chi connectivity index (χ0v) is 14.3. The van der Waals surface area contributed by atoms with Crippen LogP contribution in [0.5, 0.6) is 0 Å². The van der Waals surface area contributed by atoms with Crippen LogP contribution in [0.1, 0.15) is 28.2 Å². The lowest BCUT2D eigenvalue weighted by Gasteiger charge is -2.14. The van der Waals surface area contributed by atoms with E-state index in [0.717, 1.165) is 0 Å². The number of aryl methyl sites for hydroxylation is 1. The van der Waals surface area contributed by atoms with Gasteiger partial charge in [-0.1, -0.05) is 54.1 Å². The SMILES string of the molecule is Cc1ccc(C2C(I)=C(I)c3ccccc32)cc1. The Bertz CT molecular complexity index is 624. The molecule has 0 nitrogen and oxygen atoms in total. The third kappa shape index (κ3) is 2.03. The highest BCUT2D eigenvalue weighted by atomic mass is 127. The van der Waals surface area contributed by atoms with Gasteiger partial charge in [-0.25, -0.2) is 0 Å². The first-order valence-corrected chi connectivity index (χ1v) is 8.05. The molecule has 0 aliphatic heterocycles. The smallest absolute Gasteiger partial charge is 0.0415 e. The lowest BCUT2D eigenvalue weighted by atomic mass is 9.93. The number of allylic oxidation sites excluding steroid dienone is 1. The minimum absolute atomic E-state index is 0.425. The molecule has 0 amide bonds. The van der Waals surface area contributed by atoms with Gasteiger partial charge in [-0.15, -0.1) is 0 Å². The second-order valence-electron chi connectivity index (χ2n) is 4.59. The summed E-state index contributed by atoms with van der Waals surface area (Å²) in [7, 11) is 0. The summed E-state index contributed by atoms with van der Waals surface area (Å²) in [5.74, 6) is 0.425. The fourth-order valence-corrected chi connectivity index (χ4v) is 4.21. The molecule has 0 N–H and O–H groups in total. The standard InChI is InChI=1S/C16H12I2/c1-10-6-8-11(9-7-10)14-12-4-2-3-5-13(12)15(17)16(14)18/h2-9,14H,1H3. The van der Waals surface area contributed by atoms with Crippen molar-refractivity contribution in [3.8, 4) is 0 Å². The van der Waals surface area contributed by atoms with Gasteiger partial charge in [0.25, 0.3) is 0 Å². The van der Waals surface area contributed by atoms with Gasteiger partial charge in [0.15, 0.2) is 0 Å². The van der Waals surface area contributed by atoms with E-state index in [1.165, 1.54) is 29.4 Å². The Kier molecular flexibility index (Phi) is 3.49. The van der Waals surface area contributed by atoms with Crippen molar-refractivity contribution in [2.24, 2.45) is 0 Å². The normalized spacial score (nSPS) is 18.1. The summed E-state index contributed by atoms with van der Waals surface area (Å²) in [6.07, 6.45) is 0. The molecule has 2 heteroatoms. The number of hydrogen-bond acceptors (Lipinski definition) is 0. The Morgan fingerprint density at radius 2 is 1.56 bits per heavy atom. The minimum atomic E-state index is 0.425. The summed E-state index contributed by atoms with van der Waals surface area (Å²) in [6, 6.07) is 17.7. The Labute approximate surface area is 135 Å². The summed E-state index contributed by atoms with van der Waals surface area (Å²) in [4.78, 5) is 0. The Balaban J connectivity index is 2.16. The lowest BCUT2D eigenvalue weighted by Crippen LogP contribution is -1.97. The minimum Gasteiger partial charge on any atom is -0.0619 e. The number of rotatable bonds is 1. The quantitative estimate of drug-likeness (QED) is 0.483. The van der Waals surface area contributed by atoms with E-state index < -0.39 is 0 Å². The molecule has 1 aliphatic rings. The van der Waals surface area contributed by atoms with Crippen LogP contribution in [0.2, 0.25) is 0 Å². The van der Waals surface area contributed by atoms with E-state index in [0.29, 0.717) is 5.92 Å². The van der Waals surface area contributed by atoms with Gasteiger partial charge in [0.05, 0.1) is 0 Å². The number of hydrogen-bond donors (Lipinski definition) is 0. The second kappa shape index (κ2) is 4.96. The summed E-state index contributed by atoms with van der Waals surface area (Å²) < 4.78 is 2.84. The first kappa shape index (κ1) is 12.7. The molecule has 2 aromatic carbocycles. The van der Waals surface area contributed by atoms with Crippen molar-refractivity contribution in [2.45, 2.75) is 12.8 Å². The van der Waals surface area contributed by atoms with Gasteiger partial charge in [-0.05, 0) is 68.8 Å². The molecule has 0 saturated carbocycles. The van der Waals surface area contributed by atoms with Crippen LogP contribution in [-0.2, 0) is 0 Å². The fourth-order valence-electron chi connectivity index (χ4n) is 2.43. The van der Waals surface area contributed by atoms with E-state index in [-0.39, 0.29) is 0 Å². The van der Waals surface area contributed by atoms with Crippen LogP contribution in [0.15, 0.2) is 52.1 Å². The molecule has 0 bridgehead atoms. The van der Waals surface area contributed by atoms with Crippen LogP contribution in [0.4, 0.5) is 0 Å². The Morgan fingerprint density at radius 3 is 2.28 bits per heavy atom. The number of benzene rings is 2. The van der Waals surface area contributed by atoms with Crippen molar-refractivity contribution < 1.29 is 0 Å². The Hall–Kier alpha value is -0.360. The molecule has 1 unspecified atom stereocenters. The van der Waals surface area contributed by atoms with E-state index in [4.69, 9.17) is 0 Å². The van der Waals surface area contributed by atoms with Gasteiger partial charge in [-0.2, -0.15) is 0 Å². The summed E-state index contributed by atoms with van der Waals surface area (Å²) >= 11 is 4.97. The van der Waals surface area contributed by atoms with Crippen LogP contribution in [0.3, 0.4) is 0 Å². The largest absolute Gasteiger partial charge is 0.0619 e. The lowest BCUT2D eigenvalue weighted by molar-refractivity contribution is 1.04. The van der Waals surface area contributed by atoms with Crippen LogP contribution in [-0.4, -0.2) is 0 Å². The second-order valence-corrected chi connectivity index (χ2v) is 6.83. The molecule has 0 aromatic heterocycles. The molecule has 18 heavy (non-hydrogen) atoms. The highest BCUT2D eigenvalue weighted by molar-refractivity contribution is 14.1. The number of fused-ring (bicyclic) bond motifs is 1. The maximum atomic E-state index is 2.50. The Morgan fingerprint density at radius 1 is 0.889 bits per heavy atom. The zero-order valence-electron chi connectivity index (χ0n) is 9.95. The van der Waals surface area contributed by atoms with Crippen molar-refractivity contribution in [2.75, 3.05) is 0 Å². The predicted molar refractivity (Wildman–Crippen MR) is 94.4 cm³/mol. The van der Waals surface area contributed by atoms with E-state index in [1.54, 1.807) is 0 Å². The first-order chi connectivity index (χ1) is 8.68. The van der Waals surface area contributed by atoms with E-state index in [1.807, 2.05) is 0 Å². The van der Waals surface area contributed by atoms with Gasteiger partial charge in [0.2, 0.25) is 0 Å². The third-order valence-corrected chi connectivity index (χ3v) is 6.74. The zero-order chi connectivity index (χ0) is 12.7. The molecule has 2 aromatic rings. The van der Waals surface area contributed by atoms with Gasteiger partial charge >= 0.3 is 0 Å². The average Bonchev–Trinajstić information content (AvgIpc) is 2.64. The summed E-state index contributed by atoms with van der Waals surface area (Å²) in [5, 5.41) is 0.